The van der Waals surface area contributed by atoms with E-state index < -0.39 is 0 Å². The van der Waals surface area contributed by atoms with Gasteiger partial charge < -0.3 is 4.42 Å². The van der Waals surface area contributed by atoms with Crippen molar-refractivity contribution >= 4 is 32.7 Å². The number of furan rings is 1. The molecule has 2 heterocycles. The van der Waals surface area contributed by atoms with E-state index in [2.05, 4.69) is 79.3 Å². The molecule has 0 spiro atoms. The molecular formula is C23H18NO+. The van der Waals surface area contributed by atoms with E-state index in [1.807, 2.05) is 12.1 Å². The van der Waals surface area contributed by atoms with E-state index >= 15 is 0 Å². The molecule has 0 fully saturated rings. The minimum Gasteiger partial charge on any atom is -0.455 e. The molecule has 0 unspecified atom stereocenters. The monoisotopic (exact) mass is 324 g/mol. The summed E-state index contributed by atoms with van der Waals surface area (Å²) in [6.07, 6.45) is 2.08. The number of pyridine rings is 1. The molecule has 2 nitrogen and oxygen atoms in total. The summed E-state index contributed by atoms with van der Waals surface area (Å²) in [5, 5.41) is 4.91. The Hall–Kier alpha value is -3.13. The highest BCUT2D eigenvalue weighted by Gasteiger charge is 2.23. The number of aromatic nitrogens is 1. The van der Waals surface area contributed by atoms with Gasteiger partial charge in [0.05, 0.1) is 5.56 Å². The second-order valence-corrected chi connectivity index (χ2v) is 6.54. The van der Waals surface area contributed by atoms with Gasteiger partial charge in [-0.25, -0.2) is 4.57 Å². The minimum atomic E-state index is 0.938. The molecule has 25 heavy (non-hydrogen) atoms. The average Bonchev–Trinajstić information content (AvgIpc) is 3.02. The molecule has 2 heteroatoms. The normalized spacial score (nSPS) is 11.6. The van der Waals surface area contributed by atoms with E-state index in [4.69, 9.17) is 4.42 Å². The molecule has 5 rings (SSSR count). The third-order valence-corrected chi connectivity index (χ3v) is 5.11. The molecule has 0 saturated carbocycles. The smallest absolute Gasteiger partial charge is 0.216 e. The van der Waals surface area contributed by atoms with Gasteiger partial charge in [0, 0.05) is 22.9 Å². The molecule has 0 radical (unpaired) electrons. The zero-order valence-corrected chi connectivity index (χ0v) is 14.3. The lowest BCUT2D eigenvalue weighted by atomic mass is 9.93. The van der Waals surface area contributed by atoms with Crippen molar-refractivity contribution in [3.63, 3.8) is 0 Å². The molecule has 0 amide bonds. The summed E-state index contributed by atoms with van der Waals surface area (Å²) in [6, 6.07) is 23.2. The number of nitrogens with zero attached hydrogens (tertiary/aromatic N) is 1. The summed E-state index contributed by atoms with van der Waals surface area (Å²) in [6.45, 7) is 2.19. The zero-order chi connectivity index (χ0) is 17.0. The molecule has 0 N–H and O–H groups in total. The van der Waals surface area contributed by atoms with Gasteiger partial charge in [-0.05, 0) is 35.4 Å². The largest absolute Gasteiger partial charge is 0.455 e. The number of para-hydroxylation sites is 1. The van der Waals surface area contributed by atoms with Gasteiger partial charge >= 0.3 is 0 Å². The molecule has 0 saturated heterocycles. The van der Waals surface area contributed by atoms with Crippen LogP contribution in [0.15, 0.2) is 77.3 Å². The molecule has 5 aromatic rings. The molecule has 3 aromatic carbocycles. The number of benzene rings is 3. The summed E-state index contributed by atoms with van der Waals surface area (Å²) >= 11 is 0. The van der Waals surface area contributed by atoms with E-state index in [9.17, 15) is 0 Å². The summed E-state index contributed by atoms with van der Waals surface area (Å²) in [5.41, 5.74) is 5.50. The van der Waals surface area contributed by atoms with Crippen molar-refractivity contribution in [2.24, 2.45) is 7.05 Å². The van der Waals surface area contributed by atoms with Gasteiger partial charge in [-0.3, -0.25) is 0 Å². The van der Waals surface area contributed by atoms with Crippen LogP contribution in [0.5, 0.6) is 0 Å². The Bertz CT molecular complexity index is 1260. The predicted molar refractivity (Wildman–Crippen MR) is 103 cm³/mol. The molecular weight excluding hydrogens is 306 g/mol. The lowest BCUT2D eigenvalue weighted by molar-refractivity contribution is -0.660. The van der Waals surface area contributed by atoms with Crippen LogP contribution in [-0.4, -0.2) is 0 Å². The number of rotatable bonds is 1. The number of hydrogen-bond donors (Lipinski definition) is 0. The number of hydrogen-bond acceptors (Lipinski definition) is 1. The molecule has 0 aliphatic heterocycles. The molecule has 0 bridgehead atoms. The van der Waals surface area contributed by atoms with Gasteiger partial charge in [0.2, 0.25) is 5.69 Å². The second-order valence-electron chi connectivity index (χ2n) is 6.54. The van der Waals surface area contributed by atoms with Crippen LogP contribution in [0.3, 0.4) is 0 Å². The van der Waals surface area contributed by atoms with Crippen LogP contribution in [0.25, 0.3) is 44.0 Å². The van der Waals surface area contributed by atoms with Crippen LogP contribution in [-0.2, 0) is 7.05 Å². The summed E-state index contributed by atoms with van der Waals surface area (Å²) in [7, 11) is 2.08. The topological polar surface area (TPSA) is 17.0 Å². The fraction of sp³-hybridized carbons (Fsp3) is 0.0870. The SMILES string of the molecule is Cc1c(-c2cccc[n+]2C)c2oc3ccccc3c2c2ccccc12. The number of aryl methyl sites for hydroxylation is 2. The summed E-state index contributed by atoms with van der Waals surface area (Å²) in [5.74, 6) is 0. The standard InChI is InChI=1S/C23H18NO/c1-15-16-9-3-4-10-17(16)22-18-11-5-6-13-20(18)25-23(22)21(15)19-12-7-8-14-24(19)2/h3-14H,1-2H3/q+1. The lowest BCUT2D eigenvalue weighted by Crippen LogP contribution is -2.30. The van der Waals surface area contributed by atoms with Crippen molar-refractivity contribution < 1.29 is 8.98 Å². The fourth-order valence-electron chi connectivity index (χ4n) is 3.91. The van der Waals surface area contributed by atoms with Gasteiger partial charge in [0.25, 0.3) is 0 Å². The van der Waals surface area contributed by atoms with E-state index in [1.165, 1.54) is 32.7 Å². The molecule has 0 aliphatic carbocycles. The maximum absolute atomic E-state index is 6.37. The van der Waals surface area contributed by atoms with Gasteiger partial charge in [-0.15, -0.1) is 0 Å². The highest BCUT2D eigenvalue weighted by Crippen LogP contribution is 2.42. The Morgan fingerprint density at radius 3 is 2.24 bits per heavy atom. The Morgan fingerprint density at radius 2 is 1.44 bits per heavy atom. The van der Waals surface area contributed by atoms with Crippen LogP contribution in [0, 0.1) is 6.92 Å². The first-order valence-corrected chi connectivity index (χ1v) is 8.53. The zero-order valence-electron chi connectivity index (χ0n) is 14.3. The Kier molecular flexibility index (Phi) is 2.95. The first-order chi connectivity index (χ1) is 12.3. The van der Waals surface area contributed by atoms with Crippen LogP contribution >= 0.6 is 0 Å². The van der Waals surface area contributed by atoms with E-state index in [-0.39, 0.29) is 0 Å². The van der Waals surface area contributed by atoms with Crippen LogP contribution in [0.1, 0.15) is 5.56 Å². The lowest BCUT2D eigenvalue weighted by Gasteiger charge is -2.10. The van der Waals surface area contributed by atoms with E-state index in [0.29, 0.717) is 0 Å². The second kappa shape index (κ2) is 5.18. The first kappa shape index (κ1) is 14.2. The van der Waals surface area contributed by atoms with Gasteiger partial charge in [0.15, 0.2) is 6.20 Å². The van der Waals surface area contributed by atoms with Gasteiger partial charge in [-0.2, -0.15) is 0 Å². The molecule has 0 aliphatic rings. The Labute approximate surface area is 145 Å². The highest BCUT2D eigenvalue weighted by molar-refractivity contribution is 6.23. The molecule has 0 atom stereocenters. The van der Waals surface area contributed by atoms with E-state index in [0.717, 1.165) is 16.9 Å². The van der Waals surface area contributed by atoms with Crippen molar-refractivity contribution in [2.75, 3.05) is 0 Å². The van der Waals surface area contributed by atoms with Crippen molar-refractivity contribution in [1.29, 1.82) is 0 Å². The third-order valence-electron chi connectivity index (χ3n) is 5.11. The van der Waals surface area contributed by atoms with Crippen molar-refractivity contribution in [1.82, 2.24) is 0 Å². The number of fused-ring (bicyclic) bond motifs is 5. The fourth-order valence-corrected chi connectivity index (χ4v) is 3.91. The van der Waals surface area contributed by atoms with E-state index in [1.54, 1.807) is 0 Å². The van der Waals surface area contributed by atoms with Crippen LogP contribution in [0.2, 0.25) is 0 Å². The minimum absolute atomic E-state index is 0.938. The Balaban J connectivity index is 2.10. The molecule has 120 valence electrons. The predicted octanol–water partition coefficient (Wildman–Crippen LogP) is 5.54. The Morgan fingerprint density at radius 1 is 0.760 bits per heavy atom. The highest BCUT2D eigenvalue weighted by atomic mass is 16.3. The van der Waals surface area contributed by atoms with Crippen molar-refractivity contribution in [3.05, 3.63) is 78.5 Å². The maximum Gasteiger partial charge on any atom is 0.216 e. The maximum atomic E-state index is 6.37. The first-order valence-electron chi connectivity index (χ1n) is 8.53. The average molecular weight is 324 g/mol. The van der Waals surface area contributed by atoms with Gasteiger partial charge in [-0.1, -0.05) is 42.5 Å². The summed E-state index contributed by atoms with van der Waals surface area (Å²) < 4.78 is 8.53. The van der Waals surface area contributed by atoms with Crippen LogP contribution < -0.4 is 4.57 Å². The van der Waals surface area contributed by atoms with Gasteiger partial charge in [0.1, 0.15) is 18.2 Å². The molecule has 2 aromatic heterocycles. The van der Waals surface area contributed by atoms with Crippen molar-refractivity contribution in [2.45, 2.75) is 6.92 Å². The van der Waals surface area contributed by atoms with Crippen molar-refractivity contribution in [3.8, 4) is 11.3 Å². The van der Waals surface area contributed by atoms with Crippen LogP contribution in [0.4, 0.5) is 0 Å². The quantitative estimate of drug-likeness (QED) is 0.370. The summed E-state index contributed by atoms with van der Waals surface area (Å²) in [4.78, 5) is 0. The third kappa shape index (κ3) is 1.94.